The number of hydrogen-bond donors (Lipinski definition) is 1. The largest absolute Gasteiger partial charge is 0.497 e. The van der Waals surface area contributed by atoms with Crippen LogP contribution >= 0.6 is 12.4 Å². The van der Waals surface area contributed by atoms with Crippen LogP contribution in [0.5, 0.6) is 5.75 Å². The first-order valence-corrected chi connectivity index (χ1v) is 8.04. The molecular formula is C17H28ClFN2O. The fourth-order valence-corrected chi connectivity index (χ4v) is 3.02. The molecule has 0 saturated carbocycles. The van der Waals surface area contributed by atoms with Crippen molar-refractivity contribution in [2.24, 2.45) is 0 Å². The molecule has 0 radical (unpaired) electrons. The molecule has 0 bridgehead atoms. The fraction of sp³-hybridized carbons (Fsp3) is 0.647. The molecule has 126 valence electrons. The van der Waals surface area contributed by atoms with E-state index in [0.29, 0.717) is 5.75 Å². The molecule has 1 aliphatic rings. The Balaban J connectivity index is 0.00000242. The number of hydrogen-bond acceptors (Lipinski definition) is 3. The molecule has 0 amide bonds. The lowest BCUT2D eigenvalue weighted by molar-refractivity contribution is 0.159. The second kappa shape index (κ2) is 10.0. The monoisotopic (exact) mass is 330 g/mol. The predicted octanol–water partition coefficient (Wildman–Crippen LogP) is 3.78. The smallest absolute Gasteiger partial charge is 0.131 e. The molecule has 5 heteroatoms. The van der Waals surface area contributed by atoms with Crippen LogP contribution in [-0.2, 0) is 0 Å². The van der Waals surface area contributed by atoms with E-state index in [4.69, 9.17) is 4.74 Å². The van der Waals surface area contributed by atoms with Crippen molar-refractivity contribution in [2.75, 3.05) is 33.3 Å². The zero-order chi connectivity index (χ0) is 15.1. The van der Waals surface area contributed by atoms with Gasteiger partial charge in [0.1, 0.15) is 11.6 Å². The van der Waals surface area contributed by atoms with Gasteiger partial charge in [-0.05, 0) is 12.5 Å². The van der Waals surface area contributed by atoms with Crippen molar-refractivity contribution in [1.29, 1.82) is 0 Å². The molecule has 0 spiro atoms. The zero-order valence-corrected chi connectivity index (χ0v) is 14.4. The average molecular weight is 331 g/mol. The van der Waals surface area contributed by atoms with Gasteiger partial charge in [-0.3, -0.25) is 4.90 Å². The zero-order valence-electron chi connectivity index (χ0n) is 13.6. The number of halogens is 2. The van der Waals surface area contributed by atoms with Crippen LogP contribution in [0.1, 0.15) is 44.2 Å². The Hall–Kier alpha value is -0.840. The molecule has 1 heterocycles. The van der Waals surface area contributed by atoms with Gasteiger partial charge in [0.15, 0.2) is 0 Å². The minimum atomic E-state index is -0.144. The molecule has 1 atom stereocenters. The maximum absolute atomic E-state index is 14.4. The standard InChI is InChI=1S/C17H27FN2O.ClH/c1-3-4-5-6-17(20-11-9-19-10-12-20)15-8-7-14(21-2)13-16(15)18;/h7-8,13,17,19H,3-6,9-12H2,1-2H3;1H/t17-;/m0./s1. The first kappa shape index (κ1) is 19.2. The highest BCUT2D eigenvalue weighted by molar-refractivity contribution is 5.85. The number of rotatable bonds is 7. The second-order valence-electron chi connectivity index (χ2n) is 5.68. The highest BCUT2D eigenvalue weighted by Crippen LogP contribution is 2.30. The Morgan fingerprint density at radius 2 is 2.00 bits per heavy atom. The lowest BCUT2D eigenvalue weighted by atomic mass is 9.97. The second-order valence-corrected chi connectivity index (χ2v) is 5.68. The summed E-state index contributed by atoms with van der Waals surface area (Å²) in [6.45, 7) is 6.16. The molecular weight excluding hydrogens is 303 g/mol. The van der Waals surface area contributed by atoms with E-state index in [1.807, 2.05) is 12.1 Å². The summed E-state index contributed by atoms with van der Waals surface area (Å²) >= 11 is 0. The summed E-state index contributed by atoms with van der Waals surface area (Å²) < 4.78 is 19.5. The molecule has 22 heavy (non-hydrogen) atoms. The topological polar surface area (TPSA) is 24.5 Å². The Morgan fingerprint density at radius 3 is 2.59 bits per heavy atom. The third-order valence-corrected chi connectivity index (χ3v) is 4.24. The van der Waals surface area contributed by atoms with Crippen LogP contribution in [-0.4, -0.2) is 38.2 Å². The quantitative estimate of drug-likeness (QED) is 0.770. The lowest BCUT2D eigenvalue weighted by Gasteiger charge is -2.35. The number of nitrogens with zero attached hydrogens (tertiary/aromatic N) is 1. The minimum Gasteiger partial charge on any atom is -0.497 e. The highest BCUT2D eigenvalue weighted by Gasteiger charge is 2.24. The van der Waals surface area contributed by atoms with E-state index in [1.54, 1.807) is 7.11 Å². The van der Waals surface area contributed by atoms with Gasteiger partial charge in [0.05, 0.1) is 7.11 Å². The van der Waals surface area contributed by atoms with Crippen LogP contribution in [0.15, 0.2) is 18.2 Å². The van der Waals surface area contributed by atoms with Crippen LogP contribution in [0.3, 0.4) is 0 Å². The van der Waals surface area contributed by atoms with Crippen molar-refractivity contribution in [3.63, 3.8) is 0 Å². The van der Waals surface area contributed by atoms with Gasteiger partial charge in [0, 0.05) is 43.9 Å². The summed E-state index contributed by atoms with van der Waals surface area (Å²) in [7, 11) is 1.57. The molecule has 0 aliphatic carbocycles. The molecule has 0 aromatic heterocycles. The Morgan fingerprint density at radius 1 is 1.27 bits per heavy atom. The van der Waals surface area contributed by atoms with Gasteiger partial charge in [-0.15, -0.1) is 12.4 Å². The van der Waals surface area contributed by atoms with Crippen molar-refractivity contribution in [1.82, 2.24) is 10.2 Å². The number of piperazine rings is 1. The number of benzene rings is 1. The third kappa shape index (κ3) is 5.11. The van der Waals surface area contributed by atoms with Crippen LogP contribution in [0, 0.1) is 5.82 Å². The molecule has 0 unspecified atom stereocenters. The minimum absolute atomic E-state index is 0. The van der Waals surface area contributed by atoms with E-state index in [-0.39, 0.29) is 24.3 Å². The first-order chi connectivity index (χ1) is 10.3. The van der Waals surface area contributed by atoms with E-state index < -0.39 is 0 Å². The molecule has 1 N–H and O–H groups in total. The van der Waals surface area contributed by atoms with Gasteiger partial charge in [0.2, 0.25) is 0 Å². The summed E-state index contributed by atoms with van der Waals surface area (Å²) in [6.07, 6.45) is 4.58. The van der Waals surface area contributed by atoms with Gasteiger partial charge in [-0.25, -0.2) is 4.39 Å². The van der Waals surface area contributed by atoms with E-state index in [2.05, 4.69) is 17.1 Å². The van der Waals surface area contributed by atoms with E-state index in [1.165, 1.54) is 18.9 Å². The number of ether oxygens (including phenoxy) is 1. The van der Waals surface area contributed by atoms with Crippen LogP contribution in [0.4, 0.5) is 4.39 Å². The average Bonchev–Trinajstić information content (AvgIpc) is 2.53. The van der Waals surface area contributed by atoms with Gasteiger partial charge >= 0.3 is 0 Å². The molecule has 3 nitrogen and oxygen atoms in total. The number of nitrogens with one attached hydrogen (secondary N) is 1. The first-order valence-electron chi connectivity index (χ1n) is 8.04. The lowest BCUT2D eigenvalue weighted by Crippen LogP contribution is -2.45. The van der Waals surface area contributed by atoms with Crippen molar-refractivity contribution in [3.8, 4) is 5.75 Å². The van der Waals surface area contributed by atoms with Crippen molar-refractivity contribution < 1.29 is 9.13 Å². The maximum Gasteiger partial charge on any atom is 0.131 e. The van der Waals surface area contributed by atoms with Crippen LogP contribution in [0.25, 0.3) is 0 Å². The van der Waals surface area contributed by atoms with Crippen LogP contribution in [0.2, 0.25) is 0 Å². The van der Waals surface area contributed by atoms with Crippen molar-refractivity contribution in [2.45, 2.75) is 38.6 Å². The number of methoxy groups -OCH3 is 1. The number of unbranched alkanes of at least 4 members (excludes halogenated alkanes) is 2. The third-order valence-electron chi connectivity index (χ3n) is 4.24. The summed E-state index contributed by atoms with van der Waals surface area (Å²) in [5.74, 6) is 0.443. The molecule has 1 aliphatic heterocycles. The maximum atomic E-state index is 14.4. The van der Waals surface area contributed by atoms with E-state index in [0.717, 1.165) is 44.6 Å². The molecule has 1 fully saturated rings. The summed E-state index contributed by atoms with van der Waals surface area (Å²) in [5, 5.41) is 3.37. The Bertz CT molecular complexity index is 439. The van der Waals surface area contributed by atoms with Gasteiger partial charge < -0.3 is 10.1 Å². The summed E-state index contributed by atoms with van der Waals surface area (Å²) in [5.41, 5.74) is 0.814. The normalized spacial score (nSPS) is 16.9. The molecule has 1 aromatic carbocycles. The fourth-order valence-electron chi connectivity index (χ4n) is 3.02. The van der Waals surface area contributed by atoms with Gasteiger partial charge in [-0.2, -0.15) is 0 Å². The van der Waals surface area contributed by atoms with E-state index in [9.17, 15) is 4.39 Å². The van der Waals surface area contributed by atoms with Gasteiger partial charge in [0.25, 0.3) is 0 Å². The Kier molecular flexibility index (Phi) is 8.76. The van der Waals surface area contributed by atoms with Crippen molar-refractivity contribution >= 4 is 12.4 Å². The van der Waals surface area contributed by atoms with Crippen molar-refractivity contribution in [3.05, 3.63) is 29.6 Å². The van der Waals surface area contributed by atoms with Gasteiger partial charge in [-0.1, -0.05) is 32.3 Å². The highest BCUT2D eigenvalue weighted by atomic mass is 35.5. The predicted molar refractivity (Wildman–Crippen MR) is 91.5 cm³/mol. The van der Waals surface area contributed by atoms with E-state index >= 15 is 0 Å². The summed E-state index contributed by atoms with van der Waals surface area (Å²) in [4.78, 5) is 2.41. The summed E-state index contributed by atoms with van der Waals surface area (Å²) in [6, 6.07) is 5.45. The van der Waals surface area contributed by atoms with Crippen LogP contribution < -0.4 is 10.1 Å². The molecule has 1 saturated heterocycles. The SMILES string of the molecule is CCCCC[C@@H](c1ccc(OC)cc1F)N1CCNCC1.Cl. The molecule has 1 aromatic rings. The Labute approximate surface area is 139 Å². The molecule has 2 rings (SSSR count).